The summed E-state index contributed by atoms with van der Waals surface area (Å²) < 4.78 is 0. The van der Waals surface area contributed by atoms with E-state index in [1.165, 1.54) is 0 Å². The van der Waals surface area contributed by atoms with Gasteiger partial charge in [0.15, 0.2) is 0 Å². The van der Waals surface area contributed by atoms with Crippen LogP contribution in [0.25, 0.3) is 0 Å². The van der Waals surface area contributed by atoms with Crippen molar-refractivity contribution in [1.29, 1.82) is 0 Å². The lowest BCUT2D eigenvalue weighted by molar-refractivity contribution is -0.129. The van der Waals surface area contributed by atoms with Crippen molar-refractivity contribution < 1.29 is 4.79 Å². The molecule has 0 aromatic heterocycles. The lowest BCUT2D eigenvalue weighted by Crippen LogP contribution is -2.26. The number of carbonyl (C=O) groups excluding carboxylic acids is 1. The van der Waals surface area contributed by atoms with E-state index in [1.54, 1.807) is 11.9 Å². The molecule has 0 spiro atoms. The van der Waals surface area contributed by atoms with E-state index in [0.29, 0.717) is 23.3 Å². The summed E-state index contributed by atoms with van der Waals surface area (Å²) >= 11 is 9.02. The standard InChI is InChI=1S/C11H13BrClNO/c1-14(11(15)6-7-12)8-9-2-4-10(13)5-3-9/h2-5H,6-8H2,1H3. The molecule has 0 saturated heterocycles. The lowest BCUT2D eigenvalue weighted by Gasteiger charge is -2.16. The molecule has 0 bridgehead atoms. The van der Waals surface area contributed by atoms with Crippen LogP contribution in [0.15, 0.2) is 24.3 Å². The van der Waals surface area contributed by atoms with Gasteiger partial charge in [-0.2, -0.15) is 0 Å². The molecule has 0 aliphatic carbocycles. The van der Waals surface area contributed by atoms with Crippen LogP contribution in [-0.4, -0.2) is 23.2 Å². The zero-order valence-electron chi connectivity index (χ0n) is 8.54. The lowest BCUT2D eigenvalue weighted by atomic mass is 10.2. The Hall–Kier alpha value is -0.540. The van der Waals surface area contributed by atoms with Gasteiger partial charge in [0.25, 0.3) is 0 Å². The second-order valence-corrected chi connectivity index (χ2v) is 4.54. The minimum absolute atomic E-state index is 0.141. The van der Waals surface area contributed by atoms with Crippen molar-refractivity contribution in [2.45, 2.75) is 13.0 Å². The molecule has 1 amide bonds. The van der Waals surface area contributed by atoms with Crippen molar-refractivity contribution in [1.82, 2.24) is 4.90 Å². The Kier molecular flexibility index (Phi) is 5.12. The molecule has 4 heteroatoms. The molecule has 1 rings (SSSR count). The topological polar surface area (TPSA) is 20.3 Å². The zero-order chi connectivity index (χ0) is 11.3. The summed E-state index contributed by atoms with van der Waals surface area (Å²) in [6.45, 7) is 0.628. The maximum absolute atomic E-state index is 11.5. The Bertz CT molecular complexity index is 326. The average molecular weight is 291 g/mol. The van der Waals surface area contributed by atoms with Crippen LogP contribution in [-0.2, 0) is 11.3 Å². The SMILES string of the molecule is CN(Cc1ccc(Cl)cc1)C(=O)CCBr. The van der Waals surface area contributed by atoms with Crippen molar-refractivity contribution in [3.05, 3.63) is 34.9 Å². The quantitative estimate of drug-likeness (QED) is 0.780. The van der Waals surface area contributed by atoms with Crippen LogP contribution in [0, 0.1) is 0 Å². The fraction of sp³-hybridized carbons (Fsp3) is 0.364. The number of nitrogens with zero attached hydrogens (tertiary/aromatic N) is 1. The minimum atomic E-state index is 0.141. The number of alkyl halides is 1. The van der Waals surface area contributed by atoms with Gasteiger partial charge in [0.2, 0.25) is 5.91 Å². The second-order valence-electron chi connectivity index (χ2n) is 3.32. The van der Waals surface area contributed by atoms with Gasteiger partial charge >= 0.3 is 0 Å². The summed E-state index contributed by atoms with van der Waals surface area (Å²) in [5.74, 6) is 0.141. The number of amides is 1. The van der Waals surface area contributed by atoms with Crippen LogP contribution in [0.2, 0.25) is 5.02 Å². The Morgan fingerprint density at radius 3 is 2.53 bits per heavy atom. The first-order valence-corrected chi connectivity index (χ1v) is 6.18. The number of halogens is 2. The van der Waals surface area contributed by atoms with Crippen LogP contribution in [0.4, 0.5) is 0 Å². The number of hydrogen-bond donors (Lipinski definition) is 0. The first-order valence-electron chi connectivity index (χ1n) is 4.68. The van der Waals surface area contributed by atoms with E-state index in [1.807, 2.05) is 24.3 Å². The predicted molar refractivity (Wildman–Crippen MR) is 66.3 cm³/mol. The molecule has 0 atom stereocenters. The van der Waals surface area contributed by atoms with Gasteiger partial charge in [-0.1, -0.05) is 39.7 Å². The Labute approximate surface area is 103 Å². The number of hydrogen-bond acceptors (Lipinski definition) is 1. The highest BCUT2D eigenvalue weighted by molar-refractivity contribution is 9.09. The van der Waals surface area contributed by atoms with Crippen molar-refractivity contribution in [2.75, 3.05) is 12.4 Å². The molecule has 0 heterocycles. The van der Waals surface area contributed by atoms with E-state index in [4.69, 9.17) is 11.6 Å². The van der Waals surface area contributed by atoms with Crippen LogP contribution >= 0.6 is 27.5 Å². The first-order chi connectivity index (χ1) is 7.13. The summed E-state index contributed by atoms with van der Waals surface area (Å²) in [6.07, 6.45) is 0.532. The molecule has 0 aliphatic heterocycles. The van der Waals surface area contributed by atoms with Crippen molar-refractivity contribution >= 4 is 33.4 Å². The highest BCUT2D eigenvalue weighted by Crippen LogP contribution is 2.11. The van der Waals surface area contributed by atoms with Crippen molar-refractivity contribution in [3.63, 3.8) is 0 Å². The molecule has 0 saturated carbocycles. The van der Waals surface area contributed by atoms with Crippen LogP contribution in [0.1, 0.15) is 12.0 Å². The van der Waals surface area contributed by atoms with E-state index in [-0.39, 0.29) is 5.91 Å². The summed E-state index contributed by atoms with van der Waals surface area (Å²) in [5.41, 5.74) is 1.09. The minimum Gasteiger partial charge on any atom is -0.341 e. The van der Waals surface area contributed by atoms with E-state index in [0.717, 1.165) is 5.56 Å². The maximum Gasteiger partial charge on any atom is 0.223 e. The van der Waals surface area contributed by atoms with Crippen LogP contribution < -0.4 is 0 Å². The fourth-order valence-corrected chi connectivity index (χ4v) is 1.69. The summed E-state index contributed by atoms with van der Waals surface area (Å²) in [5, 5.41) is 1.42. The second kappa shape index (κ2) is 6.13. The number of carbonyl (C=O) groups is 1. The number of rotatable bonds is 4. The molecule has 0 N–H and O–H groups in total. The molecule has 1 aromatic carbocycles. The molecular formula is C11H13BrClNO. The largest absolute Gasteiger partial charge is 0.341 e. The normalized spacial score (nSPS) is 10.1. The predicted octanol–water partition coefficient (Wildman–Crippen LogP) is 3.08. The average Bonchev–Trinajstić information content (AvgIpc) is 2.22. The zero-order valence-corrected chi connectivity index (χ0v) is 10.9. The van der Waals surface area contributed by atoms with Crippen LogP contribution in [0.3, 0.4) is 0 Å². The van der Waals surface area contributed by atoms with Gasteiger partial charge in [-0.05, 0) is 17.7 Å². The molecule has 2 nitrogen and oxygen atoms in total. The molecule has 15 heavy (non-hydrogen) atoms. The molecule has 0 aliphatic rings. The molecule has 1 aromatic rings. The number of benzene rings is 1. The van der Waals surface area contributed by atoms with Gasteiger partial charge in [0, 0.05) is 30.4 Å². The Morgan fingerprint density at radius 2 is 2.00 bits per heavy atom. The van der Waals surface area contributed by atoms with Crippen LogP contribution in [0.5, 0.6) is 0 Å². The highest BCUT2D eigenvalue weighted by atomic mass is 79.9. The van der Waals surface area contributed by atoms with Crippen molar-refractivity contribution in [2.24, 2.45) is 0 Å². The molecule has 0 fully saturated rings. The molecule has 0 radical (unpaired) electrons. The summed E-state index contributed by atoms with van der Waals surface area (Å²) in [6, 6.07) is 7.53. The van der Waals surface area contributed by atoms with Gasteiger partial charge in [-0.3, -0.25) is 4.79 Å². The van der Waals surface area contributed by atoms with E-state index in [9.17, 15) is 4.79 Å². The van der Waals surface area contributed by atoms with Gasteiger partial charge < -0.3 is 4.90 Å². The Balaban J connectivity index is 2.54. The van der Waals surface area contributed by atoms with E-state index in [2.05, 4.69) is 15.9 Å². The summed E-state index contributed by atoms with van der Waals surface area (Å²) in [4.78, 5) is 13.2. The molecular weight excluding hydrogens is 277 g/mol. The Morgan fingerprint density at radius 1 is 1.40 bits per heavy atom. The van der Waals surface area contributed by atoms with Gasteiger partial charge in [0.05, 0.1) is 0 Å². The van der Waals surface area contributed by atoms with Gasteiger partial charge in [0.1, 0.15) is 0 Å². The van der Waals surface area contributed by atoms with Gasteiger partial charge in [-0.25, -0.2) is 0 Å². The third-order valence-corrected chi connectivity index (χ3v) is 2.72. The highest BCUT2D eigenvalue weighted by Gasteiger charge is 2.07. The third-order valence-electron chi connectivity index (χ3n) is 2.07. The van der Waals surface area contributed by atoms with Crippen molar-refractivity contribution in [3.8, 4) is 0 Å². The summed E-state index contributed by atoms with van der Waals surface area (Å²) in [7, 11) is 1.81. The smallest absolute Gasteiger partial charge is 0.223 e. The first kappa shape index (κ1) is 12.5. The third kappa shape index (κ3) is 4.22. The monoisotopic (exact) mass is 289 g/mol. The van der Waals surface area contributed by atoms with E-state index < -0.39 is 0 Å². The molecule has 82 valence electrons. The maximum atomic E-state index is 11.5. The fourth-order valence-electron chi connectivity index (χ4n) is 1.22. The molecule has 0 unspecified atom stereocenters. The van der Waals surface area contributed by atoms with E-state index >= 15 is 0 Å². The van der Waals surface area contributed by atoms with Gasteiger partial charge in [-0.15, -0.1) is 0 Å².